The Labute approximate surface area is 114 Å². The molecule has 0 spiro atoms. The molecule has 114 valence electrons. The zero-order chi connectivity index (χ0) is 14.5. The average molecular weight is 280 g/mol. The summed E-state index contributed by atoms with van der Waals surface area (Å²) in [5, 5.41) is 3.46. The molecular formula is C14H27F3N2. The first-order valence-corrected chi connectivity index (χ1v) is 7.37. The molecule has 2 atom stereocenters. The van der Waals surface area contributed by atoms with Crippen molar-refractivity contribution < 1.29 is 13.2 Å². The number of alkyl halides is 3. The second kappa shape index (κ2) is 7.48. The Hall–Kier alpha value is -0.290. The second-order valence-electron chi connectivity index (χ2n) is 5.82. The lowest BCUT2D eigenvalue weighted by atomic mass is 9.99. The predicted molar refractivity (Wildman–Crippen MR) is 72.2 cm³/mol. The van der Waals surface area contributed by atoms with Crippen molar-refractivity contribution in [3.05, 3.63) is 0 Å². The summed E-state index contributed by atoms with van der Waals surface area (Å²) >= 11 is 0. The minimum atomic E-state index is -4.10. The van der Waals surface area contributed by atoms with Crippen LogP contribution in [0.2, 0.25) is 0 Å². The van der Waals surface area contributed by atoms with E-state index in [1.807, 2.05) is 13.8 Å². The van der Waals surface area contributed by atoms with Crippen molar-refractivity contribution in [2.75, 3.05) is 19.6 Å². The smallest absolute Gasteiger partial charge is 0.314 e. The third-order valence-corrected chi connectivity index (χ3v) is 4.03. The summed E-state index contributed by atoms with van der Waals surface area (Å²) in [7, 11) is 0. The Balaban J connectivity index is 2.43. The minimum absolute atomic E-state index is 0.0550. The van der Waals surface area contributed by atoms with Gasteiger partial charge in [0.05, 0.1) is 6.54 Å². The van der Waals surface area contributed by atoms with Crippen molar-refractivity contribution in [3.63, 3.8) is 0 Å². The van der Waals surface area contributed by atoms with Gasteiger partial charge in [-0.3, -0.25) is 4.90 Å². The molecule has 0 heterocycles. The van der Waals surface area contributed by atoms with Crippen LogP contribution in [0.5, 0.6) is 0 Å². The van der Waals surface area contributed by atoms with Crippen LogP contribution in [-0.4, -0.2) is 42.8 Å². The van der Waals surface area contributed by atoms with Crippen LogP contribution >= 0.6 is 0 Å². The fourth-order valence-corrected chi connectivity index (χ4v) is 3.00. The molecule has 0 aromatic heterocycles. The van der Waals surface area contributed by atoms with Crippen molar-refractivity contribution >= 4 is 0 Å². The molecule has 5 heteroatoms. The zero-order valence-corrected chi connectivity index (χ0v) is 12.3. The Morgan fingerprint density at radius 3 is 2.47 bits per heavy atom. The van der Waals surface area contributed by atoms with E-state index in [0.717, 1.165) is 19.4 Å². The molecule has 2 nitrogen and oxygen atoms in total. The Morgan fingerprint density at radius 1 is 1.26 bits per heavy atom. The van der Waals surface area contributed by atoms with Crippen LogP contribution in [0.1, 0.15) is 46.5 Å². The van der Waals surface area contributed by atoms with Gasteiger partial charge in [-0.05, 0) is 52.1 Å². The highest BCUT2D eigenvalue weighted by molar-refractivity contribution is 4.84. The van der Waals surface area contributed by atoms with Gasteiger partial charge >= 0.3 is 6.18 Å². The Bertz CT molecular complexity index is 254. The fraction of sp³-hybridized carbons (Fsp3) is 1.00. The molecule has 0 radical (unpaired) electrons. The summed E-state index contributed by atoms with van der Waals surface area (Å²) in [6.07, 6.45) is 0.283. The minimum Gasteiger partial charge on any atom is -0.314 e. The van der Waals surface area contributed by atoms with E-state index in [1.54, 1.807) is 4.90 Å². The van der Waals surface area contributed by atoms with Gasteiger partial charge in [0.25, 0.3) is 0 Å². The second-order valence-corrected chi connectivity index (χ2v) is 5.82. The lowest BCUT2D eigenvalue weighted by Gasteiger charge is -2.30. The highest BCUT2D eigenvalue weighted by atomic mass is 19.4. The first-order valence-electron chi connectivity index (χ1n) is 7.37. The van der Waals surface area contributed by atoms with E-state index in [1.165, 1.54) is 12.8 Å². The zero-order valence-electron chi connectivity index (χ0n) is 12.3. The van der Waals surface area contributed by atoms with Crippen LogP contribution in [0.4, 0.5) is 13.2 Å². The summed E-state index contributed by atoms with van der Waals surface area (Å²) in [6, 6.07) is 0.450. The highest BCUT2D eigenvalue weighted by Crippen LogP contribution is 2.29. The van der Waals surface area contributed by atoms with E-state index in [-0.39, 0.29) is 6.04 Å². The summed E-state index contributed by atoms with van der Waals surface area (Å²) in [4.78, 5) is 1.54. The maximum atomic E-state index is 12.5. The SMILES string of the molecule is CCNC1CCCC1CCN(CC(F)(F)F)C(C)C. The van der Waals surface area contributed by atoms with Gasteiger partial charge in [0.1, 0.15) is 0 Å². The molecule has 0 aliphatic heterocycles. The first-order chi connectivity index (χ1) is 8.83. The number of hydrogen-bond acceptors (Lipinski definition) is 2. The molecule has 0 amide bonds. The van der Waals surface area contributed by atoms with Crippen molar-refractivity contribution in [2.24, 2.45) is 5.92 Å². The maximum Gasteiger partial charge on any atom is 0.401 e. The van der Waals surface area contributed by atoms with Gasteiger partial charge in [-0.15, -0.1) is 0 Å². The van der Waals surface area contributed by atoms with Crippen molar-refractivity contribution in [1.82, 2.24) is 10.2 Å². The predicted octanol–water partition coefficient (Wildman–Crippen LogP) is 3.43. The molecule has 1 N–H and O–H groups in total. The van der Waals surface area contributed by atoms with E-state index < -0.39 is 12.7 Å². The first kappa shape index (κ1) is 16.8. The Kier molecular flexibility index (Phi) is 6.60. The van der Waals surface area contributed by atoms with Gasteiger partial charge in [-0.25, -0.2) is 0 Å². The summed E-state index contributed by atoms with van der Waals surface area (Å²) in [5.74, 6) is 0.537. The standard InChI is InChI=1S/C14H27F3N2/c1-4-18-13-7-5-6-12(13)8-9-19(11(2)3)10-14(15,16)17/h11-13,18H,4-10H2,1-3H3. The van der Waals surface area contributed by atoms with E-state index >= 15 is 0 Å². The van der Waals surface area contributed by atoms with E-state index in [2.05, 4.69) is 12.2 Å². The monoisotopic (exact) mass is 280 g/mol. The Morgan fingerprint density at radius 2 is 1.95 bits per heavy atom. The number of rotatable bonds is 7. The largest absolute Gasteiger partial charge is 0.401 e. The van der Waals surface area contributed by atoms with E-state index in [0.29, 0.717) is 18.5 Å². The molecule has 0 bridgehead atoms. The van der Waals surface area contributed by atoms with E-state index in [9.17, 15) is 13.2 Å². The van der Waals surface area contributed by atoms with Crippen LogP contribution in [-0.2, 0) is 0 Å². The molecule has 0 aromatic rings. The van der Waals surface area contributed by atoms with Gasteiger partial charge in [-0.2, -0.15) is 13.2 Å². The lowest BCUT2D eigenvalue weighted by molar-refractivity contribution is -0.150. The van der Waals surface area contributed by atoms with Crippen molar-refractivity contribution in [3.8, 4) is 0 Å². The van der Waals surface area contributed by atoms with Crippen LogP contribution in [0.25, 0.3) is 0 Å². The third-order valence-electron chi connectivity index (χ3n) is 4.03. The summed E-state index contributed by atoms with van der Waals surface area (Å²) in [5.41, 5.74) is 0. The van der Waals surface area contributed by atoms with Crippen LogP contribution in [0.3, 0.4) is 0 Å². The molecule has 1 rings (SSSR count). The van der Waals surface area contributed by atoms with Gasteiger partial charge in [0.15, 0.2) is 0 Å². The highest BCUT2D eigenvalue weighted by Gasteiger charge is 2.33. The van der Waals surface area contributed by atoms with Gasteiger partial charge in [0.2, 0.25) is 0 Å². The molecular weight excluding hydrogens is 253 g/mol. The quantitative estimate of drug-likeness (QED) is 0.768. The van der Waals surface area contributed by atoms with Gasteiger partial charge in [-0.1, -0.05) is 13.3 Å². The molecule has 0 aromatic carbocycles. The summed E-state index contributed by atoms with van der Waals surface area (Å²) < 4.78 is 37.5. The van der Waals surface area contributed by atoms with Crippen LogP contribution < -0.4 is 5.32 Å². The van der Waals surface area contributed by atoms with Gasteiger partial charge < -0.3 is 5.32 Å². The molecule has 1 aliphatic carbocycles. The molecule has 19 heavy (non-hydrogen) atoms. The number of nitrogens with zero attached hydrogens (tertiary/aromatic N) is 1. The fourth-order valence-electron chi connectivity index (χ4n) is 3.00. The van der Waals surface area contributed by atoms with E-state index in [4.69, 9.17) is 0 Å². The van der Waals surface area contributed by atoms with Crippen molar-refractivity contribution in [1.29, 1.82) is 0 Å². The number of halogens is 3. The topological polar surface area (TPSA) is 15.3 Å². The van der Waals surface area contributed by atoms with Crippen molar-refractivity contribution in [2.45, 2.75) is 64.7 Å². The average Bonchev–Trinajstić information content (AvgIpc) is 2.70. The normalized spacial score (nSPS) is 24.6. The molecule has 1 saturated carbocycles. The van der Waals surface area contributed by atoms with Crippen LogP contribution in [0.15, 0.2) is 0 Å². The maximum absolute atomic E-state index is 12.5. The summed E-state index contributed by atoms with van der Waals surface area (Å²) in [6.45, 7) is 6.45. The van der Waals surface area contributed by atoms with Gasteiger partial charge in [0, 0.05) is 12.1 Å². The number of hydrogen-bond donors (Lipinski definition) is 1. The number of nitrogens with one attached hydrogen (secondary N) is 1. The molecule has 0 saturated heterocycles. The molecule has 1 aliphatic rings. The van der Waals surface area contributed by atoms with Crippen LogP contribution in [0, 0.1) is 5.92 Å². The lowest BCUT2D eigenvalue weighted by Crippen LogP contribution is -2.41. The molecule has 2 unspecified atom stereocenters. The third kappa shape index (κ3) is 6.13. The molecule has 1 fully saturated rings.